The van der Waals surface area contributed by atoms with Crippen LogP contribution in [0.25, 0.3) is 0 Å². The van der Waals surface area contributed by atoms with Crippen LogP contribution in [-0.4, -0.2) is 48.3 Å². The fraction of sp³-hybridized carbons (Fsp3) is 0.643. The summed E-state index contributed by atoms with van der Waals surface area (Å²) in [5.74, 6) is 0.230. The molecule has 0 radical (unpaired) electrons. The molecule has 2 atom stereocenters. The number of morpholine rings is 1. The van der Waals surface area contributed by atoms with Crippen molar-refractivity contribution in [1.29, 1.82) is 0 Å². The zero-order valence-electron chi connectivity index (χ0n) is 10.9. The van der Waals surface area contributed by atoms with E-state index < -0.39 is 0 Å². The smallest absolute Gasteiger partial charge is 0.230 e. The maximum atomic E-state index is 12.7. The normalized spacial score (nSPS) is 27.1. The van der Waals surface area contributed by atoms with Gasteiger partial charge >= 0.3 is 0 Å². The van der Waals surface area contributed by atoms with E-state index in [0.717, 1.165) is 19.3 Å². The second-order valence-electron chi connectivity index (χ2n) is 5.20. The van der Waals surface area contributed by atoms with Crippen molar-refractivity contribution >= 4 is 17.2 Å². The average Bonchev–Trinajstić information content (AvgIpc) is 2.95. The zero-order valence-corrected chi connectivity index (χ0v) is 11.7. The molecular formula is C14H19NO3S. The van der Waals surface area contributed by atoms with Crippen molar-refractivity contribution in [2.24, 2.45) is 0 Å². The first kappa shape index (κ1) is 13.1. The number of hydrogen-bond acceptors (Lipinski definition) is 4. The number of amides is 1. The summed E-state index contributed by atoms with van der Waals surface area (Å²) in [4.78, 5) is 15.9. The molecule has 5 heteroatoms. The van der Waals surface area contributed by atoms with Gasteiger partial charge in [-0.25, -0.2) is 0 Å². The Morgan fingerprint density at radius 1 is 1.58 bits per heavy atom. The standard InChI is InChI=1S/C14H19NO3S/c16-9-10-8-15(5-6-18-10)14(17)12-2-1-3-13-11(12)4-7-19-13/h4,7,10,12,16H,1-3,5-6,8-9H2. The molecule has 1 aliphatic carbocycles. The summed E-state index contributed by atoms with van der Waals surface area (Å²) in [5.41, 5.74) is 1.23. The molecule has 1 saturated heterocycles. The van der Waals surface area contributed by atoms with E-state index in [-0.39, 0.29) is 24.5 Å². The Balaban J connectivity index is 1.74. The van der Waals surface area contributed by atoms with Gasteiger partial charge in [0.05, 0.1) is 25.2 Å². The average molecular weight is 281 g/mol. The minimum absolute atomic E-state index is 0.0157. The van der Waals surface area contributed by atoms with Gasteiger partial charge in [0.25, 0.3) is 0 Å². The van der Waals surface area contributed by atoms with E-state index in [1.807, 2.05) is 4.90 Å². The number of ether oxygens (including phenoxy) is 1. The summed E-state index contributed by atoms with van der Waals surface area (Å²) in [6, 6.07) is 2.10. The SMILES string of the molecule is O=C(C1CCCc2sccc21)N1CCOC(CO)C1. The van der Waals surface area contributed by atoms with Crippen LogP contribution in [0.5, 0.6) is 0 Å². The molecule has 0 saturated carbocycles. The lowest BCUT2D eigenvalue weighted by atomic mass is 9.86. The summed E-state index contributed by atoms with van der Waals surface area (Å²) in [7, 11) is 0. The van der Waals surface area contributed by atoms with Gasteiger partial charge in [0.15, 0.2) is 0 Å². The molecule has 2 unspecified atom stereocenters. The molecule has 1 aromatic heterocycles. The maximum Gasteiger partial charge on any atom is 0.230 e. The lowest BCUT2D eigenvalue weighted by Crippen LogP contribution is -2.48. The van der Waals surface area contributed by atoms with Gasteiger partial charge in [-0.1, -0.05) is 0 Å². The van der Waals surface area contributed by atoms with Crippen LogP contribution in [-0.2, 0) is 16.0 Å². The van der Waals surface area contributed by atoms with Crippen LogP contribution in [0.3, 0.4) is 0 Å². The van der Waals surface area contributed by atoms with E-state index >= 15 is 0 Å². The lowest BCUT2D eigenvalue weighted by molar-refractivity contribution is -0.142. The number of hydrogen-bond donors (Lipinski definition) is 1. The first-order chi connectivity index (χ1) is 9.29. The Labute approximate surface area is 117 Å². The molecule has 1 aliphatic heterocycles. The number of nitrogens with zero attached hydrogens (tertiary/aromatic N) is 1. The third kappa shape index (κ3) is 2.55. The third-order valence-electron chi connectivity index (χ3n) is 4.00. The second-order valence-corrected chi connectivity index (χ2v) is 6.20. The van der Waals surface area contributed by atoms with Gasteiger partial charge in [0, 0.05) is 18.0 Å². The zero-order chi connectivity index (χ0) is 13.2. The van der Waals surface area contributed by atoms with E-state index in [1.54, 1.807) is 11.3 Å². The molecule has 2 aliphatic rings. The van der Waals surface area contributed by atoms with Gasteiger partial charge in [-0.2, -0.15) is 0 Å². The lowest BCUT2D eigenvalue weighted by Gasteiger charge is -2.35. The quantitative estimate of drug-likeness (QED) is 0.891. The van der Waals surface area contributed by atoms with Crippen molar-refractivity contribution in [2.45, 2.75) is 31.3 Å². The topological polar surface area (TPSA) is 49.8 Å². The number of rotatable bonds is 2. The van der Waals surface area contributed by atoms with Crippen LogP contribution in [0.1, 0.15) is 29.2 Å². The first-order valence-corrected chi connectivity index (χ1v) is 7.75. The van der Waals surface area contributed by atoms with E-state index in [0.29, 0.717) is 19.7 Å². The van der Waals surface area contributed by atoms with Crippen molar-refractivity contribution in [3.05, 3.63) is 21.9 Å². The number of aryl methyl sites for hydroxylation is 1. The summed E-state index contributed by atoms with van der Waals surface area (Å²) in [6.07, 6.45) is 2.93. The molecule has 0 aromatic carbocycles. The van der Waals surface area contributed by atoms with Crippen LogP contribution in [0.4, 0.5) is 0 Å². The van der Waals surface area contributed by atoms with Crippen LogP contribution < -0.4 is 0 Å². The summed E-state index contributed by atoms with van der Waals surface area (Å²) < 4.78 is 5.41. The van der Waals surface area contributed by atoms with Crippen molar-refractivity contribution in [3.63, 3.8) is 0 Å². The van der Waals surface area contributed by atoms with Gasteiger partial charge in [-0.15, -0.1) is 11.3 Å². The monoisotopic (exact) mass is 281 g/mol. The highest BCUT2D eigenvalue weighted by Crippen LogP contribution is 2.36. The molecular weight excluding hydrogens is 262 g/mol. The number of fused-ring (bicyclic) bond motifs is 1. The molecule has 3 rings (SSSR count). The molecule has 4 nitrogen and oxygen atoms in total. The number of aliphatic hydroxyl groups excluding tert-OH is 1. The highest BCUT2D eigenvalue weighted by Gasteiger charge is 2.33. The van der Waals surface area contributed by atoms with Crippen LogP contribution in [0.2, 0.25) is 0 Å². The Morgan fingerprint density at radius 2 is 2.47 bits per heavy atom. The van der Waals surface area contributed by atoms with Gasteiger partial charge in [0.1, 0.15) is 0 Å². The number of aliphatic hydroxyl groups is 1. The molecule has 1 amide bonds. The molecule has 19 heavy (non-hydrogen) atoms. The molecule has 1 N–H and O–H groups in total. The minimum atomic E-state index is -0.219. The molecule has 0 bridgehead atoms. The Bertz CT molecular complexity index is 459. The first-order valence-electron chi connectivity index (χ1n) is 6.87. The Hall–Kier alpha value is -0.910. The van der Waals surface area contributed by atoms with E-state index in [9.17, 15) is 4.79 Å². The maximum absolute atomic E-state index is 12.7. The number of carbonyl (C=O) groups is 1. The van der Waals surface area contributed by atoms with Crippen LogP contribution in [0, 0.1) is 0 Å². The minimum Gasteiger partial charge on any atom is -0.394 e. The van der Waals surface area contributed by atoms with Crippen molar-refractivity contribution in [2.75, 3.05) is 26.3 Å². The fourth-order valence-corrected chi connectivity index (χ4v) is 3.98. The number of carbonyl (C=O) groups excluding carboxylic acids is 1. The van der Waals surface area contributed by atoms with Gasteiger partial charge in [-0.3, -0.25) is 4.79 Å². The largest absolute Gasteiger partial charge is 0.394 e. The van der Waals surface area contributed by atoms with Crippen LogP contribution in [0.15, 0.2) is 11.4 Å². The van der Waals surface area contributed by atoms with Gasteiger partial charge in [-0.05, 0) is 36.3 Å². The fourth-order valence-electron chi connectivity index (χ4n) is 2.99. The van der Waals surface area contributed by atoms with E-state index in [2.05, 4.69) is 11.4 Å². The third-order valence-corrected chi connectivity index (χ3v) is 5.00. The Morgan fingerprint density at radius 3 is 3.32 bits per heavy atom. The highest BCUT2D eigenvalue weighted by atomic mass is 32.1. The summed E-state index contributed by atoms with van der Waals surface area (Å²) in [5, 5.41) is 11.3. The molecule has 2 heterocycles. The second kappa shape index (κ2) is 5.61. The summed E-state index contributed by atoms with van der Waals surface area (Å²) in [6.45, 7) is 1.68. The van der Waals surface area contributed by atoms with Crippen molar-refractivity contribution in [1.82, 2.24) is 4.90 Å². The molecule has 1 fully saturated rings. The highest BCUT2D eigenvalue weighted by molar-refractivity contribution is 7.10. The predicted molar refractivity (Wildman–Crippen MR) is 73.4 cm³/mol. The Kier molecular flexibility index (Phi) is 3.86. The van der Waals surface area contributed by atoms with E-state index in [4.69, 9.17) is 9.84 Å². The predicted octanol–water partition coefficient (Wildman–Crippen LogP) is 1.39. The van der Waals surface area contributed by atoms with Crippen molar-refractivity contribution in [3.8, 4) is 0 Å². The summed E-state index contributed by atoms with van der Waals surface area (Å²) >= 11 is 1.76. The van der Waals surface area contributed by atoms with Gasteiger partial charge < -0.3 is 14.7 Å². The van der Waals surface area contributed by atoms with E-state index in [1.165, 1.54) is 10.4 Å². The number of thiophene rings is 1. The molecule has 0 spiro atoms. The van der Waals surface area contributed by atoms with Crippen LogP contribution >= 0.6 is 11.3 Å². The van der Waals surface area contributed by atoms with Crippen molar-refractivity contribution < 1.29 is 14.6 Å². The molecule has 1 aromatic rings. The molecule has 104 valence electrons. The van der Waals surface area contributed by atoms with Gasteiger partial charge in [0.2, 0.25) is 5.91 Å².